The minimum absolute atomic E-state index is 0.119. The highest BCUT2D eigenvalue weighted by Gasteiger charge is 2.34. The number of hydrogen-bond acceptors (Lipinski definition) is 7. The molecule has 2 heterocycles. The van der Waals surface area contributed by atoms with E-state index in [0.717, 1.165) is 30.5 Å². The summed E-state index contributed by atoms with van der Waals surface area (Å²) in [6.07, 6.45) is -7.31. The maximum Gasteiger partial charge on any atom is 0.573 e. The van der Waals surface area contributed by atoms with Crippen LogP contribution >= 0.6 is 11.6 Å². The number of halogens is 7. The number of carbonyl (C=O) groups is 3. The van der Waals surface area contributed by atoms with Crippen LogP contribution in [0.25, 0.3) is 6.08 Å². The molecule has 1 atom stereocenters. The molecule has 2 amide bonds. The van der Waals surface area contributed by atoms with Crippen molar-refractivity contribution in [2.45, 2.75) is 37.8 Å². The SMILES string of the molecule is O=C(N[C@@H](Cc1ccc(Cl)cc1)C(=O)O)C(=Cc1ccc(OC(F)(F)F)cc1)NC(=O)C1CCN(c2nccc(C(F)(F)F)n2)CC1. The molecule has 0 saturated carbocycles. The van der Waals surface area contributed by atoms with Crippen molar-refractivity contribution in [2.24, 2.45) is 5.92 Å². The smallest absolute Gasteiger partial charge is 0.480 e. The van der Waals surface area contributed by atoms with Crippen molar-refractivity contribution in [3.05, 3.63) is 88.3 Å². The van der Waals surface area contributed by atoms with E-state index in [2.05, 4.69) is 25.3 Å². The number of alkyl halides is 6. The number of nitrogens with zero attached hydrogens (tertiary/aromatic N) is 3. The maximum absolute atomic E-state index is 13.4. The molecule has 1 saturated heterocycles. The average Bonchev–Trinajstić information content (AvgIpc) is 3.01. The van der Waals surface area contributed by atoms with Gasteiger partial charge in [0.25, 0.3) is 5.91 Å². The van der Waals surface area contributed by atoms with Gasteiger partial charge in [-0.1, -0.05) is 35.9 Å². The quantitative estimate of drug-likeness (QED) is 0.195. The number of carbonyl (C=O) groups excluding carboxylic acids is 2. The number of piperidine rings is 1. The minimum Gasteiger partial charge on any atom is -0.480 e. The van der Waals surface area contributed by atoms with Crippen LogP contribution in [0.4, 0.5) is 32.3 Å². The number of hydrogen-bond donors (Lipinski definition) is 3. The Morgan fingerprint density at radius 1 is 1.00 bits per heavy atom. The summed E-state index contributed by atoms with van der Waals surface area (Å²) in [6, 6.07) is 9.89. The van der Waals surface area contributed by atoms with Gasteiger partial charge in [0.15, 0.2) is 0 Å². The molecule has 250 valence electrons. The van der Waals surface area contributed by atoms with Crippen molar-refractivity contribution in [3.63, 3.8) is 0 Å². The fraction of sp³-hybridized carbons (Fsp3) is 0.300. The maximum atomic E-state index is 13.4. The van der Waals surface area contributed by atoms with E-state index >= 15 is 0 Å². The Balaban J connectivity index is 1.50. The molecule has 0 radical (unpaired) electrons. The summed E-state index contributed by atoms with van der Waals surface area (Å²) in [5.41, 5.74) is -0.804. The van der Waals surface area contributed by atoms with Gasteiger partial charge in [-0.2, -0.15) is 13.2 Å². The molecular formula is C30H26ClF6N5O5. The number of carboxylic acids is 1. The first-order valence-electron chi connectivity index (χ1n) is 13.9. The first kappa shape index (κ1) is 35.0. The van der Waals surface area contributed by atoms with Crippen LogP contribution in [0.1, 0.15) is 29.7 Å². The van der Waals surface area contributed by atoms with E-state index in [1.807, 2.05) is 0 Å². The van der Waals surface area contributed by atoms with Gasteiger partial charge in [-0.25, -0.2) is 14.8 Å². The Kier molecular flexibility index (Phi) is 11.0. The lowest BCUT2D eigenvalue weighted by atomic mass is 9.96. The van der Waals surface area contributed by atoms with Gasteiger partial charge in [-0.3, -0.25) is 9.59 Å². The lowest BCUT2D eigenvalue weighted by molar-refractivity contribution is -0.274. The highest BCUT2D eigenvalue weighted by molar-refractivity contribution is 6.30. The molecule has 4 rings (SSSR count). The number of carboxylic acid groups (broad SMARTS) is 1. The van der Waals surface area contributed by atoms with Gasteiger partial charge in [0.2, 0.25) is 11.9 Å². The zero-order chi connectivity index (χ0) is 34.4. The Labute approximate surface area is 268 Å². The molecule has 17 heteroatoms. The molecular weight excluding hydrogens is 660 g/mol. The predicted molar refractivity (Wildman–Crippen MR) is 156 cm³/mol. The monoisotopic (exact) mass is 685 g/mol. The van der Waals surface area contributed by atoms with E-state index in [1.54, 1.807) is 24.3 Å². The number of aromatic nitrogens is 2. The standard InChI is InChI=1S/C30H26ClF6N5O5/c31-20-5-1-17(2-6-20)16-23(27(45)46)40-26(44)22(15-18-3-7-21(8-4-18)47-30(35,36)37)39-25(43)19-10-13-42(14-11-19)28-38-12-9-24(41-28)29(32,33)34/h1-9,12,15,19,23H,10-11,13-14,16H2,(H,39,43)(H,40,44)(H,45,46)/t23-/m0/s1. The molecule has 0 unspecified atom stereocenters. The molecule has 0 aliphatic carbocycles. The summed E-state index contributed by atoms with van der Waals surface area (Å²) in [6.45, 7) is 0.237. The minimum atomic E-state index is -4.94. The third kappa shape index (κ3) is 10.3. The van der Waals surface area contributed by atoms with E-state index in [1.165, 1.54) is 17.0 Å². The second-order valence-electron chi connectivity index (χ2n) is 10.4. The Bertz CT molecular complexity index is 1610. The Morgan fingerprint density at radius 2 is 1.64 bits per heavy atom. The molecule has 0 bridgehead atoms. The number of anilines is 1. The number of ether oxygens (including phenoxy) is 1. The highest BCUT2D eigenvalue weighted by Crippen LogP contribution is 2.29. The van der Waals surface area contributed by atoms with E-state index in [4.69, 9.17) is 11.6 Å². The van der Waals surface area contributed by atoms with Crippen molar-refractivity contribution >= 4 is 41.4 Å². The first-order valence-corrected chi connectivity index (χ1v) is 14.3. The number of benzene rings is 2. The van der Waals surface area contributed by atoms with E-state index in [9.17, 15) is 45.8 Å². The largest absolute Gasteiger partial charge is 0.573 e. The number of amides is 2. The van der Waals surface area contributed by atoms with E-state index in [0.29, 0.717) is 10.6 Å². The second-order valence-corrected chi connectivity index (χ2v) is 10.8. The third-order valence-electron chi connectivity index (χ3n) is 6.97. The van der Waals surface area contributed by atoms with Crippen LogP contribution in [-0.4, -0.2) is 58.4 Å². The Hall–Kier alpha value is -4.86. The molecule has 3 aromatic rings. The van der Waals surface area contributed by atoms with E-state index < -0.39 is 59.4 Å². The summed E-state index contributed by atoms with van der Waals surface area (Å²) < 4.78 is 80.9. The summed E-state index contributed by atoms with van der Waals surface area (Å²) >= 11 is 5.88. The van der Waals surface area contributed by atoms with Crippen LogP contribution in [0.3, 0.4) is 0 Å². The van der Waals surface area contributed by atoms with E-state index in [-0.39, 0.29) is 43.9 Å². The van der Waals surface area contributed by atoms with Gasteiger partial charge in [0, 0.05) is 36.6 Å². The van der Waals surface area contributed by atoms with Gasteiger partial charge in [-0.15, -0.1) is 13.2 Å². The number of aliphatic carboxylic acids is 1. The van der Waals surface area contributed by atoms with Crippen molar-refractivity contribution in [3.8, 4) is 5.75 Å². The third-order valence-corrected chi connectivity index (χ3v) is 7.22. The van der Waals surface area contributed by atoms with Crippen LogP contribution in [0, 0.1) is 5.92 Å². The van der Waals surface area contributed by atoms with Crippen LogP contribution < -0.4 is 20.3 Å². The van der Waals surface area contributed by atoms with Crippen LogP contribution in [0.15, 0.2) is 66.5 Å². The zero-order valence-corrected chi connectivity index (χ0v) is 24.9. The Morgan fingerprint density at radius 3 is 2.21 bits per heavy atom. The number of nitrogens with one attached hydrogen (secondary N) is 2. The summed E-state index contributed by atoms with van der Waals surface area (Å²) in [4.78, 5) is 47.6. The van der Waals surface area contributed by atoms with Crippen molar-refractivity contribution in [1.29, 1.82) is 0 Å². The summed E-state index contributed by atoms with van der Waals surface area (Å²) in [7, 11) is 0. The molecule has 2 aromatic carbocycles. The molecule has 1 fully saturated rings. The molecule has 3 N–H and O–H groups in total. The molecule has 0 spiro atoms. The van der Waals surface area contributed by atoms with Gasteiger partial charge in [0.1, 0.15) is 23.2 Å². The summed E-state index contributed by atoms with van der Waals surface area (Å²) in [5, 5.41) is 15.0. The van der Waals surface area contributed by atoms with Crippen molar-refractivity contribution < 1.29 is 50.6 Å². The number of rotatable bonds is 10. The topological polar surface area (TPSA) is 134 Å². The van der Waals surface area contributed by atoms with Crippen LogP contribution in [0.5, 0.6) is 5.75 Å². The van der Waals surface area contributed by atoms with Gasteiger partial charge in [-0.05, 0) is 60.4 Å². The molecule has 1 aliphatic rings. The molecule has 10 nitrogen and oxygen atoms in total. The first-order chi connectivity index (χ1) is 22.1. The van der Waals surface area contributed by atoms with Crippen molar-refractivity contribution in [1.82, 2.24) is 20.6 Å². The average molecular weight is 686 g/mol. The molecule has 1 aromatic heterocycles. The lowest BCUT2D eigenvalue weighted by Gasteiger charge is -2.31. The normalized spacial score (nSPS) is 15.1. The van der Waals surface area contributed by atoms with Crippen molar-refractivity contribution in [2.75, 3.05) is 18.0 Å². The highest BCUT2D eigenvalue weighted by atomic mass is 35.5. The van der Waals surface area contributed by atoms with Gasteiger partial charge >= 0.3 is 18.5 Å². The molecule has 1 aliphatic heterocycles. The fourth-order valence-corrected chi connectivity index (χ4v) is 4.74. The predicted octanol–water partition coefficient (Wildman–Crippen LogP) is 5.23. The fourth-order valence-electron chi connectivity index (χ4n) is 4.62. The zero-order valence-electron chi connectivity index (χ0n) is 24.1. The summed E-state index contributed by atoms with van der Waals surface area (Å²) in [5.74, 6) is -4.41. The van der Waals surface area contributed by atoms with Crippen LogP contribution in [0.2, 0.25) is 5.02 Å². The second kappa shape index (κ2) is 14.7. The van der Waals surface area contributed by atoms with Gasteiger partial charge in [0.05, 0.1) is 0 Å². The lowest BCUT2D eigenvalue weighted by Crippen LogP contribution is -2.47. The molecule has 47 heavy (non-hydrogen) atoms. The van der Waals surface area contributed by atoms with Gasteiger partial charge < -0.3 is 25.4 Å². The van der Waals surface area contributed by atoms with Crippen LogP contribution in [-0.2, 0) is 27.0 Å².